The number of hydrogen-bond donors (Lipinski definition) is 3. The van der Waals surface area contributed by atoms with Gasteiger partial charge in [0.25, 0.3) is 0 Å². The average Bonchev–Trinajstić information content (AvgIpc) is 2.45. The molecule has 0 radical (unpaired) electrons. The largest absolute Gasteiger partial charge is 0.480 e. The molecule has 0 saturated heterocycles. The summed E-state index contributed by atoms with van der Waals surface area (Å²) in [6, 6.07) is 5.42. The second-order valence-corrected chi connectivity index (χ2v) is 3.70. The minimum absolute atomic E-state index is 0.233. The Hall–Kier alpha value is -2.70. The number of hydrogen-bond acceptors (Lipinski definition) is 6. The van der Waals surface area contributed by atoms with E-state index in [4.69, 9.17) is 5.11 Å². The average molecular weight is 259 g/mol. The first-order valence-electron chi connectivity index (χ1n) is 5.62. The van der Waals surface area contributed by atoms with Crippen LogP contribution in [0.5, 0.6) is 0 Å². The van der Waals surface area contributed by atoms with Crippen LogP contribution in [0.1, 0.15) is 0 Å². The van der Waals surface area contributed by atoms with E-state index >= 15 is 0 Å². The van der Waals surface area contributed by atoms with Gasteiger partial charge in [-0.1, -0.05) is 0 Å². The summed E-state index contributed by atoms with van der Waals surface area (Å²) >= 11 is 0. The molecule has 0 aromatic carbocycles. The maximum absolute atomic E-state index is 10.5. The second-order valence-electron chi connectivity index (χ2n) is 3.70. The van der Waals surface area contributed by atoms with Crippen molar-refractivity contribution in [2.75, 3.05) is 24.2 Å². The summed E-state index contributed by atoms with van der Waals surface area (Å²) in [6.07, 6.45) is 3.34. The molecule has 0 amide bonds. The molecular formula is C12H13N5O2. The van der Waals surface area contributed by atoms with E-state index in [-0.39, 0.29) is 12.5 Å². The van der Waals surface area contributed by atoms with Crippen LogP contribution in [0, 0.1) is 0 Å². The first-order chi connectivity index (χ1) is 9.19. The highest BCUT2D eigenvalue weighted by molar-refractivity contribution is 5.72. The molecular weight excluding hydrogens is 246 g/mol. The lowest BCUT2D eigenvalue weighted by molar-refractivity contribution is -0.134. The van der Waals surface area contributed by atoms with E-state index in [0.717, 1.165) is 5.56 Å². The Labute approximate surface area is 109 Å². The van der Waals surface area contributed by atoms with Crippen molar-refractivity contribution in [2.24, 2.45) is 0 Å². The number of carboxylic acids is 1. The first-order valence-corrected chi connectivity index (χ1v) is 5.62. The van der Waals surface area contributed by atoms with Crippen molar-refractivity contribution in [3.8, 4) is 11.3 Å². The summed E-state index contributed by atoms with van der Waals surface area (Å²) in [7, 11) is 1.74. The maximum Gasteiger partial charge on any atom is 0.322 e. The quantitative estimate of drug-likeness (QED) is 0.738. The normalized spacial score (nSPS) is 9.95. The highest BCUT2D eigenvalue weighted by Gasteiger charge is 2.06. The van der Waals surface area contributed by atoms with Crippen molar-refractivity contribution in [3.05, 3.63) is 30.6 Å². The van der Waals surface area contributed by atoms with E-state index in [1.807, 2.05) is 12.1 Å². The van der Waals surface area contributed by atoms with Gasteiger partial charge in [-0.2, -0.15) is 4.98 Å². The second kappa shape index (κ2) is 5.76. The Kier molecular flexibility index (Phi) is 3.87. The first kappa shape index (κ1) is 12.7. The molecule has 3 N–H and O–H groups in total. The van der Waals surface area contributed by atoms with E-state index in [2.05, 4.69) is 25.6 Å². The van der Waals surface area contributed by atoms with Gasteiger partial charge in [-0.25, -0.2) is 4.98 Å². The molecule has 19 heavy (non-hydrogen) atoms. The fraction of sp³-hybridized carbons (Fsp3) is 0.167. The Balaban J connectivity index is 2.33. The predicted molar refractivity (Wildman–Crippen MR) is 70.9 cm³/mol. The summed E-state index contributed by atoms with van der Waals surface area (Å²) in [5, 5.41) is 14.2. The van der Waals surface area contributed by atoms with Gasteiger partial charge in [0.1, 0.15) is 12.4 Å². The molecule has 0 saturated carbocycles. The van der Waals surface area contributed by atoms with Gasteiger partial charge in [0.05, 0.1) is 5.69 Å². The number of anilines is 2. The molecule has 2 aromatic rings. The van der Waals surface area contributed by atoms with Crippen LogP contribution in [-0.2, 0) is 4.79 Å². The fourth-order valence-corrected chi connectivity index (χ4v) is 1.48. The molecule has 2 heterocycles. The summed E-state index contributed by atoms with van der Waals surface area (Å²) in [4.78, 5) is 22.9. The molecule has 0 aliphatic carbocycles. The Morgan fingerprint density at radius 2 is 2.05 bits per heavy atom. The van der Waals surface area contributed by atoms with Crippen molar-refractivity contribution in [2.45, 2.75) is 0 Å². The summed E-state index contributed by atoms with van der Waals surface area (Å²) in [5.74, 6) is -0.0975. The highest BCUT2D eigenvalue weighted by atomic mass is 16.4. The van der Waals surface area contributed by atoms with Crippen LogP contribution in [0.3, 0.4) is 0 Å². The minimum atomic E-state index is -0.969. The number of nitrogens with zero attached hydrogens (tertiary/aromatic N) is 3. The molecule has 0 fully saturated rings. The van der Waals surface area contributed by atoms with Gasteiger partial charge in [-0.05, 0) is 12.1 Å². The van der Waals surface area contributed by atoms with Crippen molar-refractivity contribution >= 4 is 17.7 Å². The lowest BCUT2D eigenvalue weighted by atomic mass is 10.2. The summed E-state index contributed by atoms with van der Waals surface area (Å²) in [5.41, 5.74) is 1.57. The van der Waals surface area contributed by atoms with Crippen LogP contribution < -0.4 is 10.6 Å². The Morgan fingerprint density at radius 1 is 1.32 bits per heavy atom. The molecule has 0 spiro atoms. The van der Waals surface area contributed by atoms with Gasteiger partial charge >= 0.3 is 5.97 Å². The molecule has 0 atom stereocenters. The third kappa shape index (κ3) is 3.38. The smallest absolute Gasteiger partial charge is 0.322 e. The van der Waals surface area contributed by atoms with E-state index in [1.165, 1.54) is 0 Å². The van der Waals surface area contributed by atoms with Crippen LogP contribution in [0.2, 0.25) is 0 Å². The zero-order valence-electron chi connectivity index (χ0n) is 10.3. The van der Waals surface area contributed by atoms with E-state index in [9.17, 15) is 4.79 Å². The Bertz CT molecular complexity index is 574. The number of nitrogens with one attached hydrogen (secondary N) is 2. The molecule has 7 nitrogen and oxygen atoms in total. The number of carbonyl (C=O) groups is 1. The maximum atomic E-state index is 10.5. The summed E-state index contributed by atoms with van der Waals surface area (Å²) in [6.45, 7) is -0.233. The van der Waals surface area contributed by atoms with Crippen molar-refractivity contribution in [1.82, 2.24) is 15.0 Å². The lowest BCUT2D eigenvalue weighted by Crippen LogP contribution is -2.15. The number of carboxylic acid groups (broad SMARTS) is 1. The van der Waals surface area contributed by atoms with Gasteiger partial charge < -0.3 is 15.7 Å². The van der Waals surface area contributed by atoms with Gasteiger partial charge in [-0.15, -0.1) is 0 Å². The molecule has 0 aliphatic rings. The van der Waals surface area contributed by atoms with Crippen LogP contribution in [0.25, 0.3) is 11.3 Å². The highest BCUT2D eigenvalue weighted by Crippen LogP contribution is 2.20. The third-order valence-corrected chi connectivity index (χ3v) is 2.36. The zero-order valence-corrected chi connectivity index (χ0v) is 10.3. The Morgan fingerprint density at radius 3 is 2.68 bits per heavy atom. The van der Waals surface area contributed by atoms with E-state index < -0.39 is 5.97 Å². The monoisotopic (exact) mass is 259 g/mol. The predicted octanol–water partition coefficient (Wildman–Crippen LogP) is 1.08. The minimum Gasteiger partial charge on any atom is -0.480 e. The zero-order chi connectivity index (χ0) is 13.7. The molecule has 7 heteroatoms. The van der Waals surface area contributed by atoms with E-state index in [1.54, 1.807) is 25.5 Å². The number of pyridine rings is 1. The third-order valence-electron chi connectivity index (χ3n) is 2.36. The van der Waals surface area contributed by atoms with Crippen molar-refractivity contribution in [3.63, 3.8) is 0 Å². The molecule has 0 bridgehead atoms. The van der Waals surface area contributed by atoms with Gasteiger partial charge in [0, 0.05) is 31.1 Å². The lowest BCUT2D eigenvalue weighted by Gasteiger charge is -2.08. The van der Waals surface area contributed by atoms with Crippen molar-refractivity contribution in [1.29, 1.82) is 0 Å². The molecule has 0 unspecified atom stereocenters. The van der Waals surface area contributed by atoms with Gasteiger partial charge in [0.2, 0.25) is 5.95 Å². The number of aliphatic carboxylic acids is 1. The topological polar surface area (TPSA) is 100 Å². The van der Waals surface area contributed by atoms with E-state index in [0.29, 0.717) is 11.5 Å². The van der Waals surface area contributed by atoms with Crippen LogP contribution in [0.15, 0.2) is 30.6 Å². The standard InChI is InChI=1S/C12H13N5O2/c1-13-10-6-9(8-2-4-14-5-3-8)16-12(17-10)15-7-11(18)19/h2-6H,7H2,1H3,(H,18,19)(H2,13,15,16,17). The van der Waals surface area contributed by atoms with Crippen molar-refractivity contribution < 1.29 is 9.90 Å². The van der Waals surface area contributed by atoms with Crippen LogP contribution in [0.4, 0.5) is 11.8 Å². The fourth-order valence-electron chi connectivity index (χ4n) is 1.48. The molecule has 0 aliphatic heterocycles. The molecule has 98 valence electrons. The van der Waals surface area contributed by atoms with Crippen LogP contribution in [-0.4, -0.2) is 39.6 Å². The van der Waals surface area contributed by atoms with Crippen LogP contribution >= 0.6 is 0 Å². The SMILES string of the molecule is CNc1cc(-c2ccncc2)nc(NCC(=O)O)n1. The van der Waals surface area contributed by atoms with Gasteiger partial charge in [-0.3, -0.25) is 9.78 Å². The molecule has 2 aromatic heterocycles. The number of aromatic nitrogens is 3. The van der Waals surface area contributed by atoms with Gasteiger partial charge in [0.15, 0.2) is 0 Å². The summed E-state index contributed by atoms with van der Waals surface area (Å²) < 4.78 is 0. The molecule has 2 rings (SSSR count). The number of rotatable bonds is 5.